The minimum atomic E-state index is -1.24. The summed E-state index contributed by atoms with van der Waals surface area (Å²) in [5.41, 5.74) is 1.54. The van der Waals surface area contributed by atoms with Crippen molar-refractivity contribution < 1.29 is 76.3 Å². The molecule has 0 spiro atoms. The van der Waals surface area contributed by atoms with Crippen LogP contribution in [-0.2, 0) is 84.4 Å². The molecule has 0 aromatic heterocycles. The molecule has 2 aromatic rings. The second-order valence-corrected chi connectivity index (χ2v) is 19.8. The van der Waals surface area contributed by atoms with Gasteiger partial charge in [-0.3, -0.25) is 24.0 Å². The van der Waals surface area contributed by atoms with Crippen molar-refractivity contribution in [3.05, 3.63) is 76.3 Å². The van der Waals surface area contributed by atoms with Gasteiger partial charge in [0, 0.05) is 44.7 Å². The molecule has 0 radical (unpaired) electrons. The topological polar surface area (TPSA) is 245 Å². The van der Waals surface area contributed by atoms with Gasteiger partial charge in [0.05, 0.1) is 69.9 Å². The van der Waals surface area contributed by atoms with Crippen LogP contribution in [0.2, 0.25) is 5.02 Å². The molecule has 20 nitrogen and oxygen atoms in total. The Kier molecular flexibility index (Phi) is 23.7. The number of nitrogens with zero attached hydrogens (tertiary/aromatic N) is 1. The molecule has 2 fully saturated rings. The first-order valence-electron chi connectivity index (χ1n) is 25.2. The number of carbonyl (C=O) groups excluding carboxylic acids is 7. The zero-order valence-corrected chi connectivity index (χ0v) is 44.2. The average molecular weight is 1060 g/mol. The molecule has 1 unspecified atom stereocenters. The number of rotatable bonds is 26. The van der Waals surface area contributed by atoms with Crippen LogP contribution in [0.3, 0.4) is 0 Å². The van der Waals surface area contributed by atoms with Crippen LogP contribution in [-0.4, -0.2) is 150 Å². The van der Waals surface area contributed by atoms with Gasteiger partial charge < -0.3 is 58.7 Å². The smallest absolute Gasteiger partial charge is 0.361 e. The molecular weight excluding hydrogens is 984 g/mol. The molecule has 3 N–H and O–H groups in total. The largest absolute Gasteiger partial charge is 0.495 e. The molecule has 0 bridgehead atoms. The molecule has 408 valence electrons. The lowest BCUT2D eigenvalue weighted by Gasteiger charge is -2.29. The van der Waals surface area contributed by atoms with Crippen LogP contribution in [0.15, 0.2) is 54.6 Å². The lowest BCUT2D eigenvalue weighted by Crippen LogP contribution is -2.51. The molecule has 3 aliphatic heterocycles. The highest BCUT2D eigenvalue weighted by Gasteiger charge is 2.48. The van der Waals surface area contributed by atoms with Gasteiger partial charge in [0.1, 0.15) is 24.0 Å². The van der Waals surface area contributed by atoms with Crippen LogP contribution < -0.4 is 20.7 Å². The van der Waals surface area contributed by atoms with Crippen molar-refractivity contribution >= 4 is 53.1 Å². The van der Waals surface area contributed by atoms with Gasteiger partial charge >= 0.3 is 17.9 Å². The molecule has 21 heteroatoms. The number of epoxide rings is 1. The van der Waals surface area contributed by atoms with Gasteiger partial charge in [0.15, 0.2) is 12.2 Å². The van der Waals surface area contributed by atoms with Crippen molar-refractivity contribution in [2.24, 2.45) is 17.3 Å². The van der Waals surface area contributed by atoms with E-state index < -0.39 is 71.3 Å². The van der Waals surface area contributed by atoms with E-state index in [0.717, 1.165) is 24.1 Å². The van der Waals surface area contributed by atoms with E-state index >= 15 is 0 Å². The summed E-state index contributed by atoms with van der Waals surface area (Å²) in [6.07, 6.45) is 0.746. The van der Waals surface area contributed by atoms with E-state index in [1.165, 1.54) is 20.1 Å². The van der Waals surface area contributed by atoms with Crippen molar-refractivity contribution in [2.45, 2.75) is 117 Å². The molecule has 74 heavy (non-hydrogen) atoms. The number of halogens is 1. The Labute approximate surface area is 438 Å². The van der Waals surface area contributed by atoms with Crippen LogP contribution in [0.5, 0.6) is 5.75 Å². The number of nitrogens with one attached hydrogen (secondary N) is 3. The number of benzene rings is 2. The molecule has 3 heterocycles. The molecule has 0 saturated carbocycles. The predicted molar refractivity (Wildman–Crippen MR) is 268 cm³/mol. The SMILES string of the molecule is COc1ccc(C[C@H]2NC(=O)/C=C\C[C@@H]([C@H](C)[C@H]3O[C@@H]3c3ccc(CCNCCOCCOCCOCCOC(C)C(=O)ON4C(=O)CCC4=O)cc3)OC(=O)[C@H](CC(C)C)OC(=O)C(C)(C)CNC2=O)cc1Cl. The number of cyclic esters (lactones) is 2. The number of carbonyl (C=O) groups is 7. The summed E-state index contributed by atoms with van der Waals surface area (Å²) < 4.78 is 45.5. The molecule has 2 aromatic carbocycles. The first-order valence-corrected chi connectivity index (χ1v) is 25.6. The standard InChI is InChI=1S/C53H73ClN4O16/c1-33(2)29-43-51(64)71-41(9-8-10-44(59)57-40(31-37-13-16-42(66-7)39(54)30-37)49(62)56-32-53(5,6)52(65)72-43)34(3)47-48(73-47)38-14-11-36(12-15-38)19-20-55-21-22-67-23-24-68-25-26-69-27-28-70-35(4)50(63)74-58-45(60)17-18-46(58)61/h8,10-16,30,33-35,40-41,43,47-48,55H,9,17-29,31-32H2,1-7H3,(H,56,62)(H,57,59)/b10-8-/t34-,35?,40+,41-,43-,47+,48+/m0/s1. The highest BCUT2D eigenvalue weighted by Crippen LogP contribution is 2.45. The first-order chi connectivity index (χ1) is 35.4. The van der Waals surface area contributed by atoms with Crippen molar-refractivity contribution in [1.29, 1.82) is 0 Å². The summed E-state index contributed by atoms with van der Waals surface area (Å²) in [6, 6.07) is 12.2. The fourth-order valence-corrected chi connectivity index (χ4v) is 8.19. The number of imide groups is 1. The van der Waals surface area contributed by atoms with E-state index in [1.807, 2.05) is 32.9 Å². The number of amides is 4. The van der Waals surface area contributed by atoms with Crippen LogP contribution in [0.1, 0.15) is 90.0 Å². The minimum absolute atomic E-state index is 0.0182. The molecular formula is C53H73ClN4O16. The molecule has 5 rings (SSSR count). The highest BCUT2D eigenvalue weighted by atomic mass is 35.5. The van der Waals surface area contributed by atoms with E-state index in [9.17, 15) is 33.6 Å². The molecule has 7 atom stereocenters. The van der Waals surface area contributed by atoms with Crippen LogP contribution in [0.4, 0.5) is 0 Å². The van der Waals surface area contributed by atoms with Gasteiger partial charge in [0.25, 0.3) is 11.8 Å². The summed E-state index contributed by atoms with van der Waals surface area (Å²) in [4.78, 5) is 94.6. The Morgan fingerprint density at radius 2 is 1.50 bits per heavy atom. The zero-order chi connectivity index (χ0) is 53.8. The molecule has 0 aliphatic carbocycles. The Bertz CT molecular complexity index is 2230. The third-order valence-electron chi connectivity index (χ3n) is 12.5. The third-order valence-corrected chi connectivity index (χ3v) is 12.8. The number of hydrogen-bond acceptors (Lipinski definition) is 17. The molecule has 2 saturated heterocycles. The fourth-order valence-electron chi connectivity index (χ4n) is 7.91. The van der Waals surface area contributed by atoms with Gasteiger partial charge in [0.2, 0.25) is 11.8 Å². The zero-order valence-electron chi connectivity index (χ0n) is 43.5. The lowest BCUT2D eigenvalue weighted by molar-refractivity contribution is -0.204. The second-order valence-electron chi connectivity index (χ2n) is 19.4. The number of methoxy groups -OCH3 is 1. The van der Waals surface area contributed by atoms with Crippen LogP contribution >= 0.6 is 11.6 Å². The van der Waals surface area contributed by atoms with E-state index in [2.05, 4.69) is 28.1 Å². The second kappa shape index (κ2) is 29.6. The number of esters is 2. The van der Waals surface area contributed by atoms with E-state index in [-0.39, 0.29) is 75.9 Å². The van der Waals surface area contributed by atoms with Crippen LogP contribution in [0.25, 0.3) is 0 Å². The van der Waals surface area contributed by atoms with Gasteiger partial charge in [-0.2, -0.15) is 0 Å². The number of hydroxylamine groups is 2. The van der Waals surface area contributed by atoms with Gasteiger partial charge in [-0.1, -0.05) is 68.8 Å². The van der Waals surface area contributed by atoms with Crippen molar-refractivity contribution in [2.75, 3.05) is 73.0 Å². The summed E-state index contributed by atoms with van der Waals surface area (Å²) in [6.45, 7) is 14.0. The minimum Gasteiger partial charge on any atom is -0.495 e. The average Bonchev–Trinajstić information content (AvgIpc) is 4.11. The van der Waals surface area contributed by atoms with Crippen molar-refractivity contribution in [3.63, 3.8) is 0 Å². The van der Waals surface area contributed by atoms with E-state index in [4.69, 9.17) is 54.3 Å². The Morgan fingerprint density at radius 3 is 2.15 bits per heavy atom. The fraction of sp³-hybridized carbons (Fsp3) is 0.604. The van der Waals surface area contributed by atoms with Crippen molar-refractivity contribution in [3.8, 4) is 5.75 Å². The summed E-state index contributed by atoms with van der Waals surface area (Å²) in [7, 11) is 1.50. The molecule has 4 amide bonds. The number of ether oxygens (including phenoxy) is 8. The Hall–Kier alpha value is -5.48. The van der Waals surface area contributed by atoms with Gasteiger partial charge in [-0.25, -0.2) is 9.59 Å². The summed E-state index contributed by atoms with van der Waals surface area (Å²) >= 11 is 6.37. The quantitative estimate of drug-likeness (QED) is 0.0514. The maximum absolute atomic E-state index is 13.9. The Morgan fingerprint density at radius 1 is 0.851 bits per heavy atom. The number of hydrogen-bond donors (Lipinski definition) is 3. The highest BCUT2D eigenvalue weighted by molar-refractivity contribution is 6.32. The normalized spacial score (nSPS) is 22.9. The summed E-state index contributed by atoms with van der Waals surface area (Å²) in [5.74, 6) is -4.25. The predicted octanol–water partition coefficient (Wildman–Crippen LogP) is 4.32. The van der Waals surface area contributed by atoms with Crippen molar-refractivity contribution in [1.82, 2.24) is 21.0 Å². The van der Waals surface area contributed by atoms with Gasteiger partial charge in [-0.05, 0) is 81.0 Å². The van der Waals surface area contributed by atoms with Crippen LogP contribution in [0, 0.1) is 17.3 Å². The maximum Gasteiger partial charge on any atom is 0.361 e. The van der Waals surface area contributed by atoms with E-state index in [1.54, 1.807) is 38.1 Å². The summed E-state index contributed by atoms with van der Waals surface area (Å²) in [5, 5.41) is 9.78. The maximum atomic E-state index is 13.9. The third kappa shape index (κ3) is 19.0. The van der Waals surface area contributed by atoms with Gasteiger partial charge in [-0.15, -0.1) is 5.06 Å². The van der Waals surface area contributed by atoms with E-state index in [0.29, 0.717) is 61.0 Å². The Balaban J connectivity index is 1.03. The monoisotopic (exact) mass is 1060 g/mol. The molecule has 3 aliphatic rings. The first kappa shape index (κ1) is 59.4. The lowest BCUT2D eigenvalue weighted by atomic mass is 9.92.